The molecule has 2 amide bonds. The lowest BCUT2D eigenvalue weighted by Gasteiger charge is -2.41. The van der Waals surface area contributed by atoms with E-state index < -0.39 is 0 Å². The van der Waals surface area contributed by atoms with Crippen molar-refractivity contribution in [2.45, 2.75) is 19.9 Å². The van der Waals surface area contributed by atoms with E-state index in [-0.39, 0.29) is 17.9 Å². The van der Waals surface area contributed by atoms with Crippen LogP contribution >= 0.6 is 0 Å². The number of anilines is 1. The average molecular weight is 355 g/mol. The van der Waals surface area contributed by atoms with Crippen LogP contribution in [-0.4, -0.2) is 57.6 Å². The Morgan fingerprint density at radius 2 is 1.96 bits per heavy atom. The van der Waals surface area contributed by atoms with E-state index in [4.69, 9.17) is 0 Å². The van der Waals surface area contributed by atoms with Crippen LogP contribution in [0.3, 0.4) is 0 Å². The minimum atomic E-state index is -0.0656. The van der Waals surface area contributed by atoms with E-state index in [9.17, 15) is 9.59 Å². The van der Waals surface area contributed by atoms with E-state index in [2.05, 4.69) is 15.3 Å². The molecule has 7 nitrogen and oxygen atoms in total. The standard InChI is InChI=1S/C19H25N5O2/c1-14-17(11-22(3)21-14)20-19(26)13-23-9-10-24(15(2)25)18(12-23)16-7-5-4-6-8-16/h4-8,11,18H,9-10,12-13H2,1-3H3,(H,20,26). The van der Waals surface area contributed by atoms with Gasteiger partial charge in [0.05, 0.1) is 24.0 Å². The van der Waals surface area contributed by atoms with Crippen molar-refractivity contribution < 1.29 is 9.59 Å². The van der Waals surface area contributed by atoms with Crippen LogP contribution in [-0.2, 0) is 16.6 Å². The van der Waals surface area contributed by atoms with Gasteiger partial charge in [-0.25, -0.2) is 0 Å². The molecule has 1 atom stereocenters. The Morgan fingerprint density at radius 3 is 2.58 bits per heavy atom. The molecule has 1 N–H and O–H groups in total. The van der Waals surface area contributed by atoms with E-state index in [1.165, 1.54) is 0 Å². The number of carbonyl (C=O) groups excluding carboxylic acids is 2. The van der Waals surface area contributed by atoms with E-state index >= 15 is 0 Å². The summed E-state index contributed by atoms with van der Waals surface area (Å²) in [5.41, 5.74) is 2.62. The summed E-state index contributed by atoms with van der Waals surface area (Å²) in [7, 11) is 1.83. The van der Waals surface area contributed by atoms with Crippen molar-refractivity contribution in [3.8, 4) is 0 Å². The summed E-state index contributed by atoms with van der Waals surface area (Å²) in [4.78, 5) is 28.4. The van der Waals surface area contributed by atoms with E-state index in [0.717, 1.165) is 16.9 Å². The SMILES string of the molecule is CC(=O)N1CCN(CC(=O)Nc2cn(C)nc2C)CC1c1ccccc1. The first-order valence-corrected chi connectivity index (χ1v) is 8.78. The number of aryl methyl sites for hydroxylation is 2. The normalized spacial score (nSPS) is 18.0. The summed E-state index contributed by atoms with van der Waals surface area (Å²) in [6.45, 7) is 5.71. The zero-order chi connectivity index (χ0) is 18.7. The fourth-order valence-electron chi connectivity index (χ4n) is 3.44. The molecule has 1 aromatic carbocycles. The van der Waals surface area contributed by atoms with Crippen molar-refractivity contribution in [3.63, 3.8) is 0 Å². The summed E-state index contributed by atoms with van der Waals surface area (Å²) < 4.78 is 1.68. The molecule has 1 aromatic heterocycles. The van der Waals surface area contributed by atoms with Crippen molar-refractivity contribution >= 4 is 17.5 Å². The third-order valence-corrected chi connectivity index (χ3v) is 4.71. The molecule has 0 aliphatic carbocycles. The first-order chi connectivity index (χ1) is 12.4. The van der Waals surface area contributed by atoms with E-state index in [0.29, 0.717) is 26.2 Å². The van der Waals surface area contributed by atoms with Crippen molar-refractivity contribution in [1.29, 1.82) is 0 Å². The molecule has 138 valence electrons. The Hall–Kier alpha value is -2.67. The van der Waals surface area contributed by atoms with Gasteiger partial charge in [0.1, 0.15) is 0 Å². The number of hydrogen-bond donors (Lipinski definition) is 1. The van der Waals surface area contributed by atoms with Crippen molar-refractivity contribution in [1.82, 2.24) is 19.6 Å². The van der Waals surface area contributed by atoms with Crippen LogP contribution in [0.2, 0.25) is 0 Å². The molecule has 1 aliphatic rings. The third kappa shape index (κ3) is 4.11. The number of nitrogens with zero attached hydrogens (tertiary/aromatic N) is 4. The number of nitrogens with one attached hydrogen (secondary N) is 1. The first-order valence-electron chi connectivity index (χ1n) is 8.78. The van der Waals surface area contributed by atoms with Gasteiger partial charge in [-0.1, -0.05) is 30.3 Å². The highest BCUT2D eigenvalue weighted by Gasteiger charge is 2.30. The molecule has 2 heterocycles. The van der Waals surface area contributed by atoms with Crippen LogP contribution in [0.5, 0.6) is 0 Å². The molecular formula is C19H25N5O2. The quantitative estimate of drug-likeness (QED) is 0.904. The van der Waals surface area contributed by atoms with Gasteiger partial charge < -0.3 is 10.2 Å². The third-order valence-electron chi connectivity index (χ3n) is 4.71. The van der Waals surface area contributed by atoms with Gasteiger partial charge in [0, 0.05) is 39.8 Å². The summed E-state index contributed by atoms with van der Waals surface area (Å²) >= 11 is 0. The molecule has 0 saturated carbocycles. The fraction of sp³-hybridized carbons (Fsp3) is 0.421. The summed E-state index contributed by atoms with van der Waals surface area (Å²) in [5.74, 6) is -0.00174. The smallest absolute Gasteiger partial charge is 0.238 e. The van der Waals surface area contributed by atoms with Gasteiger partial charge in [0.25, 0.3) is 0 Å². The Kier molecular flexibility index (Phi) is 5.37. The zero-order valence-electron chi connectivity index (χ0n) is 15.5. The number of amides is 2. The monoisotopic (exact) mass is 355 g/mol. The summed E-state index contributed by atoms with van der Waals surface area (Å²) in [6.07, 6.45) is 1.80. The molecule has 0 bridgehead atoms. The highest BCUT2D eigenvalue weighted by atomic mass is 16.2. The number of benzene rings is 1. The molecule has 26 heavy (non-hydrogen) atoms. The number of rotatable bonds is 4. The van der Waals surface area contributed by atoms with Gasteiger partial charge in [0.15, 0.2) is 0 Å². The molecule has 1 saturated heterocycles. The van der Waals surface area contributed by atoms with E-state index in [1.54, 1.807) is 17.8 Å². The molecular weight excluding hydrogens is 330 g/mol. The number of carbonyl (C=O) groups is 2. The van der Waals surface area contributed by atoms with Gasteiger partial charge in [-0.3, -0.25) is 19.2 Å². The molecule has 1 fully saturated rings. The minimum Gasteiger partial charge on any atom is -0.333 e. The largest absolute Gasteiger partial charge is 0.333 e. The van der Waals surface area contributed by atoms with Gasteiger partial charge in [-0.2, -0.15) is 5.10 Å². The molecule has 1 unspecified atom stereocenters. The van der Waals surface area contributed by atoms with Gasteiger partial charge in [-0.05, 0) is 12.5 Å². The molecule has 0 spiro atoms. The Bertz CT molecular complexity index is 786. The predicted molar refractivity (Wildman–Crippen MR) is 99.6 cm³/mol. The van der Waals surface area contributed by atoms with Crippen LogP contribution < -0.4 is 5.32 Å². The molecule has 3 rings (SSSR count). The second kappa shape index (κ2) is 7.70. The van der Waals surface area contributed by atoms with Crippen LogP contribution in [0, 0.1) is 6.92 Å². The van der Waals surface area contributed by atoms with Crippen LogP contribution in [0.1, 0.15) is 24.2 Å². The molecule has 2 aromatic rings. The number of hydrogen-bond acceptors (Lipinski definition) is 4. The van der Waals surface area contributed by atoms with Crippen LogP contribution in [0.4, 0.5) is 5.69 Å². The highest BCUT2D eigenvalue weighted by Crippen LogP contribution is 2.25. The Labute approximate surface area is 153 Å². The maximum atomic E-state index is 12.4. The van der Waals surface area contributed by atoms with Crippen molar-refractivity contribution in [3.05, 3.63) is 47.8 Å². The van der Waals surface area contributed by atoms with Gasteiger partial charge in [-0.15, -0.1) is 0 Å². The topological polar surface area (TPSA) is 70.5 Å². The second-order valence-electron chi connectivity index (χ2n) is 6.72. The lowest BCUT2D eigenvalue weighted by molar-refractivity contribution is -0.134. The fourth-order valence-corrected chi connectivity index (χ4v) is 3.44. The average Bonchev–Trinajstić information content (AvgIpc) is 2.92. The van der Waals surface area contributed by atoms with Gasteiger partial charge >= 0.3 is 0 Å². The maximum absolute atomic E-state index is 12.4. The van der Waals surface area contributed by atoms with Gasteiger partial charge in [0.2, 0.25) is 11.8 Å². The lowest BCUT2D eigenvalue weighted by Crippen LogP contribution is -2.51. The van der Waals surface area contributed by atoms with Crippen molar-refractivity contribution in [2.24, 2.45) is 7.05 Å². The van der Waals surface area contributed by atoms with Crippen molar-refractivity contribution in [2.75, 3.05) is 31.5 Å². The predicted octanol–water partition coefficient (Wildman–Crippen LogP) is 1.57. The molecule has 0 radical (unpaired) electrons. The summed E-state index contributed by atoms with van der Waals surface area (Å²) in [6, 6.07) is 9.95. The molecule has 1 aliphatic heterocycles. The maximum Gasteiger partial charge on any atom is 0.238 e. The van der Waals surface area contributed by atoms with E-state index in [1.807, 2.05) is 49.2 Å². The second-order valence-corrected chi connectivity index (χ2v) is 6.72. The Morgan fingerprint density at radius 1 is 1.23 bits per heavy atom. The summed E-state index contributed by atoms with van der Waals surface area (Å²) in [5, 5.41) is 7.16. The zero-order valence-corrected chi connectivity index (χ0v) is 15.5. The minimum absolute atomic E-state index is 0.0321. The first kappa shape index (κ1) is 18.1. The highest BCUT2D eigenvalue weighted by molar-refractivity contribution is 5.92. The Balaban J connectivity index is 1.66. The van der Waals surface area contributed by atoms with Crippen LogP contribution in [0.15, 0.2) is 36.5 Å². The van der Waals surface area contributed by atoms with Crippen LogP contribution in [0.25, 0.3) is 0 Å². The number of aromatic nitrogens is 2. The number of piperazine rings is 1. The lowest BCUT2D eigenvalue weighted by atomic mass is 10.0. The molecule has 7 heteroatoms.